The number of nitrogens with one attached hydrogen (secondary N) is 1. The quantitative estimate of drug-likeness (QED) is 0.739. The van der Waals surface area contributed by atoms with Gasteiger partial charge in [-0.15, -0.1) is 10.2 Å². The van der Waals surface area contributed by atoms with Gasteiger partial charge in [0.25, 0.3) is 0 Å². The Morgan fingerprint density at radius 1 is 1.00 bits per heavy atom. The Kier molecular flexibility index (Phi) is 6.82. The molecule has 0 spiro atoms. The van der Waals surface area contributed by atoms with Gasteiger partial charge in [-0.2, -0.15) is 0 Å². The summed E-state index contributed by atoms with van der Waals surface area (Å²) < 4.78 is 13.2. The molecule has 1 aromatic heterocycles. The third kappa shape index (κ3) is 4.43. The lowest BCUT2D eigenvalue weighted by atomic mass is 9.95. The minimum absolute atomic E-state index is 0.114. The van der Waals surface area contributed by atoms with Crippen LogP contribution >= 0.6 is 11.8 Å². The van der Waals surface area contributed by atoms with Crippen molar-refractivity contribution in [1.82, 2.24) is 20.1 Å². The highest BCUT2D eigenvalue weighted by Gasteiger charge is 2.29. The second-order valence-electron chi connectivity index (χ2n) is 7.93. The average Bonchev–Trinajstić information content (AvgIpc) is 3.10. The Balaban J connectivity index is 1.71. The molecule has 8 heteroatoms. The van der Waals surface area contributed by atoms with Gasteiger partial charge in [0.15, 0.2) is 22.5 Å². The van der Waals surface area contributed by atoms with E-state index in [9.17, 15) is 4.79 Å². The average molecular weight is 431 g/mol. The predicted molar refractivity (Wildman–Crippen MR) is 117 cm³/mol. The molecular weight excluding hydrogens is 400 g/mol. The lowest BCUT2D eigenvalue weighted by Crippen LogP contribution is -2.31. The molecule has 2 aliphatic rings. The molecule has 7 nitrogen and oxygen atoms in total. The van der Waals surface area contributed by atoms with Crippen molar-refractivity contribution in [2.45, 2.75) is 67.8 Å². The van der Waals surface area contributed by atoms with Crippen LogP contribution in [0.5, 0.6) is 11.5 Å². The minimum atomic E-state index is -0.114. The van der Waals surface area contributed by atoms with E-state index in [1.807, 2.05) is 18.2 Å². The van der Waals surface area contributed by atoms with Crippen LogP contribution in [0.2, 0.25) is 0 Å². The fourth-order valence-corrected chi connectivity index (χ4v) is 5.52. The Labute approximate surface area is 181 Å². The van der Waals surface area contributed by atoms with Crippen LogP contribution in [0.25, 0.3) is 11.4 Å². The van der Waals surface area contributed by atoms with Gasteiger partial charge in [0.2, 0.25) is 5.91 Å². The lowest BCUT2D eigenvalue weighted by Gasteiger charge is -2.26. The number of carbonyl (C=O) groups excluding carboxylic acids is 1. The fraction of sp³-hybridized carbons (Fsp3) is 0.591. The first kappa shape index (κ1) is 21.0. The Hall–Kier alpha value is -2.22. The molecule has 30 heavy (non-hydrogen) atoms. The van der Waals surface area contributed by atoms with Crippen molar-refractivity contribution in [3.8, 4) is 22.9 Å². The van der Waals surface area contributed by atoms with Gasteiger partial charge in [-0.3, -0.25) is 9.36 Å². The first-order chi connectivity index (χ1) is 14.7. The van der Waals surface area contributed by atoms with Crippen LogP contribution in [0, 0.1) is 0 Å². The molecule has 1 aliphatic heterocycles. The number of hydrogen-bond acceptors (Lipinski definition) is 6. The van der Waals surface area contributed by atoms with E-state index in [1.165, 1.54) is 19.3 Å². The molecule has 4 rings (SSSR count). The summed E-state index contributed by atoms with van der Waals surface area (Å²) in [5.41, 5.74) is 0.947. The van der Waals surface area contributed by atoms with Crippen molar-refractivity contribution >= 4 is 17.7 Å². The maximum atomic E-state index is 12.5. The van der Waals surface area contributed by atoms with E-state index in [0.717, 1.165) is 55.2 Å². The lowest BCUT2D eigenvalue weighted by molar-refractivity contribution is -0.120. The molecule has 0 unspecified atom stereocenters. The zero-order chi connectivity index (χ0) is 20.9. The second-order valence-corrected chi connectivity index (χ2v) is 9.10. The Morgan fingerprint density at radius 2 is 1.77 bits per heavy atom. The molecule has 1 aromatic carbocycles. The van der Waals surface area contributed by atoms with E-state index >= 15 is 0 Å². The molecular formula is C22H30N4O3S. The van der Waals surface area contributed by atoms with Crippen LogP contribution in [0.15, 0.2) is 23.4 Å². The number of amides is 1. The first-order valence-electron chi connectivity index (χ1n) is 10.8. The molecule has 1 saturated carbocycles. The summed E-state index contributed by atoms with van der Waals surface area (Å²) in [4.78, 5) is 12.5. The van der Waals surface area contributed by atoms with Crippen LogP contribution in [0.3, 0.4) is 0 Å². The largest absolute Gasteiger partial charge is 0.493 e. The molecule has 2 heterocycles. The smallest absolute Gasteiger partial charge is 0.233 e. The summed E-state index contributed by atoms with van der Waals surface area (Å²) in [5, 5.41) is 12.9. The molecule has 1 saturated heterocycles. The molecule has 1 atom stereocenters. The molecule has 1 amide bonds. The summed E-state index contributed by atoms with van der Waals surface area (Å²) in [5.74, 6) is 2.31. The second kappa shape index (κ2) is 9.73. The predicted octanol–water partition coefficient (Wildman–Crippen LogP) is 4.23. The van der Waals surface area contributed by atoms with Crippen LogP contribution in [-0.2, 0) is 4.79 Å². The van der Waals surface area contributed by atoms with E-state index in [0.29, 0.717) is 17.5 Å². The number of rotatable bonds is 6. The standard InChI is InChI=1S/C22H30N4O3S/c1-28-17-12-11-15(14-18(17)29-2)20-24-25-22(26(20)16-8-4-3-5-9-16)30-19-10-6-7-13-23-21(19)27/h11-12,14,16,19H,3-10,13H2,1-2H3,(H,23,27)/t19-/m1/s1. The van der Waals surface area contributed by atoms with E-state index in [-0.39, 0.29) is 11.2 Å². The van der Waals surface area contributed by atoms with Crippen molar-refractivity contribution in [3.63, 3.8) is 0 Å². The zero-order valence-electron chi connectivity index (χ0n) is 17.7. The van der Waals surface area contributed by atoms with Crippen molar-refractivity contribution in [1.29, 1.82) is 0 Å². The van der Waals surface area contributed by atoms with Crippen molar-refractivity contribution in [3.05, 3.63) is 18.2 Å². The van der Waals surface area contributed by atoms with E-state index in [1.54, 1.807) is 26.0 Å². The van der Waals surface area contributed by atoms with Crippen LogP contribution in [-0.4, -0.2) is 46.7 Å². The van der Waals surface area contributed by atoms with E-state index in [4.69, 9.17) is 9.47 Å². The highest BCUT2D eigenvalue weighted by atomic mass is 32.2. The van der Waals surface area contributed by atoms with Gasteiger partial charge in [0.1, 0.15) is 0 Å². The highest BCUT2D eigenvalue weighted by molar-refractivity contribution is 8.00. The number of ether oxygens (including phenoxy) is 2. The number of benzene rings is 1. The third-order valence-electron chi connectivity index (χ3n) is 5.98. The van der Waals surface area contributed by atoms with Gasteiger partial charge in [0.05, 0.1) is 19.5 Å². The minimum Gasteiger partial charge on any atom is -0.493 e. The number of thioether (sulfide) groups is 1. The summed E-state index contributed by atoms with van der Waals surface area (Å²) >= 11 is 1.56. The Morgan fingerprint density at radius 3 is 2.53 bits per heavy atom. The van der Waals surface area contributed by atoms with Crippen LogP contribution < -0.4 is 14.8 Å². The summed E-state index contributed by atoms with van der Waals surface area (Å²) in [6.45, 7) is 0.766. The summed E-state index contributed by atoms with van der Waals surface area (Å²) in [6.07, 6.45) is 8.89. The SMILES string of the molecule is COc1ccc(-c2nnc(S[C@@H]3CCCCNC3=O)n2C2CCCCC2)cc1OC. The van der Waals surface area contributed by atoms with Crippen molar-refractivity contribution in [2.24, 2.45) is 0 Å². The van der Waals surface area contributed by atoms with Gasteiger partial charge < -0.3 is 14.8 Å². The van der Waals surface area contributed by atoms with Crippen molar-refractivity contribution < 1.29 is 14.3 Å². The summed E-state index contributed by atoms with van der Waals surface area (Å²) in [6, 6.07) is 6.21. The molecule has 162 valence electrons. The monoisotopic (exact) mass is 430 g/mol. The molecule has 0 bridgehead atoms. The first-order valence-corrected chi connectivity index (χ1v) is 11.7. The number of nitrogens with zero attached hydrogens (tertiary/aromatic N) is 3. The van der Waals surface area contributed by atoms with E-state index in [2.05, 4.69) is 20.1 Å². The maximum Gasteiger partial charge on any atom is 0.233 e. The molecule has 2 fully saturated rings. The molecule has 0 radical (unpaired) electrons. The fourth-order valence-electron chi connectivity index (χ4n) is 4.35. The number of aromatic nitrogens is 3. The Bertz CT molecular complexity index is 879. The normalized spacial score (nSPS) is 20.5. The van der Waals surface area contributed by atoms with E-state index < -0.39 is 0 Å². The topological polar surface area (TPSA) is 78.3 Å². The third-order valence-corrected chi connectivity index (χ3v) is 7.20. The molecule has 1 N–H and O–H groups in total. The zero-order valence-corrected chi connectivity index (χ0v) is 18.5. The van der Waals surface area contributed by atoms with Gasteiger partial charge in [-0.05, 0) is 43.9 Å². The van der Waals surface area contributed by atoms with Crippen LogP contribution in [0.4, 0.5) is 0 Å². The highest BCUT2D eigenvalue weighted by Crippen LogP contribution is 2.39. The van der Waals surface area contributed by atoms with Gasteiger partial charge in [-0.1, -0.05) is 37.4 Å². The number of hydrogen-bond donors (Lipinski definition) is 1. The molecule has 2 aromatic rings. The van der Waals surface area contributed by atoms with Crippen molar-refractivity contribution in [2.75, 3.05) is 20.8 Å². The van der Waals surface area contributed by atoms with Crippen LogP contribution in [0.1, 0.15) is 57.4 Å². The van der Waals surface area contributed by atoms with Gasteiger partial charge in [-0.25, -0.2) is 0 Å². The summed E-state index contributed by atoms with van der Waals surface area (Å²) in [7, 11) is 3.27. The number of carbonyl (C=O) groups is 1. The van der Waals surface area contributed by atoms with Gasteiger partial charge >= 0.3 is 0 Å². The maximum absolute atomic E-state index is 12.5. The molecule has 1 aliphatic carbocycles. The van der Waals surface area contributed by atoms with Gasteiger partial charge in [0, 0.05) is 18.2 Å². The number of methoxy groups -OCH3 is 2.